The molecule has 6 nitrogen and oxygen atoms in total. The average molecular weight is 258 g/mol. The van der Waals surface area contributed by atoms with Gasteiger partial charge >= 0.3 is 0 Å². The number of nitrogen functional groups attached to an aromatic ring is 1. The molecule has 0 fully saturated rings. The molecule has 2 rings (SSSR count). The van der Waals surface area contributed by atoms with Crippen LogP contribution in [-0.4, -0.2) is 22.5 Å². The smallest absolute Gasteiger partial charge is 0.261 e. The Labute approximate surface area is 110 Å². The van der Waals surface area contributed by atoms with Crippen LogP contribution in [0.1, 0.15) is 17.3 Å². The largest absolute Gasteiger partial charge is 0.491 e. The summed E-state index contributed by atoms with van der Waals surface area (Å²) in [5, 5.41) is 2.59. The van der Waals surface area contributed by atoms with E-state index in [-0.39, 0.29) is 11.9 Å². The van der Waals surface area contributed by atoms with Crippen molar-refractivity contribution in [2.45, 2.75) is 6.92 Å². The highest BCUT2D eigenvalue weighted by molar-refractivity contribution is 6.06. The Morgan fingerprint density at radius 3 is 2.74 bits per heavy atom. The molecule has 0 aliphatic carbocycles. The Hall–Kier alpha value is -2.63. The lowest BCUT2D eigenvalue weighted by Crippen LogP contribution is -2.16. The fourth-order valence-corrected chi connectivity index (χ4v) is 1.57. The molecule has 1 amide bonds. The molecule has 3 N–H and O–H groups in total. The second-order valence-electron chi connectivity index (χ2n) is 3.68. The predicted molar refractivity (Wildman–Crippen MR) is 72.0 cm³/mol. The van der Waals surface area contributed by atoms with E-state index in [4.69, 9.17) is 10.5 Å². The number of benzene rings is 1. The summed E-state index contributed by atoms with van der Waals surface area (Å²) < 4.78 is 5.40. The molecule has 6 heteroatoms. The van der Waals surface area contributed by atoms with E-state index in [2.05, 4.69) is 15.3 Å². The first-order valence-electron chi connectivity index (χ1n) is 5.82. The van der Waals surface area contributed by atoms with Gasteiger partial charge in [0.2, 0.25) is 5.95 Å². The summed E-state index contributed by atoms with van der Waals surface area (Å²) in [7, 11) is 0. The van der Waals surface area contributed by atoms with Crippen molar-refractivity contribution in [3.8, 4) is 5.75 Å². The quantitative estimate of drug-likeness (QED) is 0.815. The normalized spacial score (nSPS) is 9.95. The van der Waals surface area contributed by atoms with Crippen LogP contribution in [0.25, 0.3) is 0 Å². The number of ether oxygens (including phenoxy) is 1. The fraction of sp³-hybridized carbons (Fsp3) is 0.154. The number of para-hydroxylation sites is 1. The summed E-state index contributed by atoms with van der Waals surface area (Å²) in [6, 6.07) is 6.68. The number of hydrogen-bond acceptors (Lipinski definition) is 5. The number of nitrogens with one attached hydrogen (secondary N) is 1. The topological polar surface area (TPSA) is 90.1 Å². The van der Waals surface area contributed by atoms with Gasteiger partial charge in [-0.2, -0.15) is 0 Å². The number of nitrogens with two attached hydrogens (primary N) is 1. The minimum atomic E-state index is -0.359. The van der Waals surface area contributed by atoms with Crippen LogP contribution < -0.4 is 15.8 Å². The molecular formula is C13H14N4O2. The van der Waals surface area contributed by atoms with E-state index in [9.17, 15) is 4.79 Å². The van der Waals surface area contributed by atoms with Crippen molar-refractivity contribution in [3.63, 3.8) is 0 Å². The van der Waals surface area contributed by atoms with E-state index in [1.54, 1.807) is 36.7 Å². The summed E-state index contributed by atoms with van der Waals surface area (Å²) in [6.07, 6.45) is 3.09. The molecule has 0 saturated carbocycles. The van der Waals surface area contributed by atoms with E-state index in [0.29, 0.717) is 23.6 Å². The van der Waals surface area contributed by atoms with E-state index in [0.717, 1.165) is 0 Å². The van der Waals surface area contributed by atoms with E-state index >= 15 is 0 Å². The van der Waals surface area contributed by atoms with E-state index in [1.165, 1.54) is 0 Å². The van der Waals surface area contributed by atoms with Gasteiger partial charge in [0.1, 0.15) is 0 Å². The van der Waals surface area contributed by atoms with Crippen molar-refractivity contribution in [2.24, 2.45) is 0 Å². The standard InChI is InChI=1S/C13H14N4O2/c1-2-19-11-9(5-3-6-10(11)14)12(18)17-13-15-7-4-8-16-13/h3-8H,2,14H2,1H3,(H,15,16,17,18). The first-order valence-corrected chi connectivity index (χ1v) is 5.82. The molecule has 0 bridgehead atoms. The van der Waals surface area contributed by atoms with E-state index in [1.807, 2.05) is 6.92 Å². The monoisotopic (exact) mass is 258 g/mol. The van der Waals surface area contributed by atoms with Gasteiger partial charge in [0.05, 0.1) is 17.9 Å². The lowest BCUT2D eigenvalue weighted by molar-refractivity contribution is 0.102. The molecular weight excluding hydrogens is 244 g/mol. The number of aromatic nitrogens is 2. The van der Waals surface area contributed by atoms with Crippen molar-refractivity contribution in [2.75, 3.05) is 17.7 Å². The van der Waals surface area contributed by atoms with Crippen LogP contribution in [-0.2, 0) is 0 Å². The summed E-state index contributed by atoms with van der Waals surface area (Å²) in [4.78, 5) is 20.0. The summed E-state index contributed by atoms with van der Waals surface area (Å²) in [6.45, 7) is 2.25. The second-order valence-corrected chi connectivity index (χ2v) is 3.68. The van der Waals surface area contributed by atoms with Crippen LogP contribution in [0.3, 0.4) is 0 Å². The summed E-state index contributed by atoms with van der Waals surface area (Å²) in [5.41, 5.74) is 6.58. The molecule has 0 atom stereocenters. The SMILES string of the molecule is CCOc1c(N)cccc1C(=O)Nc1ncccn1. The van der Waals surface area contributed by atoms with Gasteiger partial charge in [-0.1, -0.05) is 6.07 Å². The van der Waals surface area contributed by atoms with Crippen LogP contribution in [0.15, 0.2) is 36.7 Å². The Bertz CT molecular complexity index is 572. The van der Waals surface area contributed by atoms with Gasteiger partial charge in [-0.25, -0.2) is 9.97 Å². The third kappa shape index (κ3) is 2.98. The molecule has 2 aromatic rings. The second kappa shape index (κ2) is 5.81. The highest BCUT2D eigenvalue weighted by atomic mass is 16.5. The molecule has 98 valence electrons. The zero-order chi connectivity index (χ0) is 13.7. The Kier molecular flexibility index (Phi) is 3.92. The van der Waals surface area contributed by atoms with Gasteiger partial charge in [0.15, 0.2) is 5.75 Å². The third-order valence-electron chi connectivity index (χ3n) is 2.37. The van der Waals surface area contributed by atoms with Crippen molar-refractivity contribution in [1.82, 2.24) is 9.97 Å². The molecule has 0 unspecified atom stereocenters. The van der Waals surface area contributed by atoms with Gasteiger partial charge in [0.25, 0.3) is 5.91 Å². The molecule has 0 spiro atoms. The highest BCUT2D eigenvalue weighted by Gasteiger charge is 2.15. The average Bonchev–Trinajstić information content (AvgIpc) is 2.42. The number of anilines is 2. The van der Waals surface area contributed by atoms with Crippen molar-refractivity contribution >= 4 is 17.5 Å². The minimum absolute atomic E-state index is 0.234. The van der Waals surface area contributed by atoms with Gasteiger partial charge in [-0.3, -0.25) is 10.1 Å². The number of rotatable bonds is 4. The first-order chi connectivity index (χ1) is 9.22. The Balaban J connectivity index is 2.26. The van der Waals surface area contributed by atoms with Crippen molar-refractivity contribution in [1.29, 1.82) is 0 Å². The van der Waals surface area contributed by atoms with Crippen LogP contribution >= 0.6 is 0 Å². The predicted octanol–water partition coefficient (Wildman–Crippen LogP) is 1.71. The molecule has 1 heterocycles. The fourth-order valence-electron chi connectivity index (χ4n) is 1.57. The maximum absolute atomic E-state index is 12.1. The maximum atomic E-state index is 12.1. The van der Waals surface area contributed by atoms with Crippen LogP contribution in [0.5, 0.6) is 5.75 Å². The number of carbonyl (C=O) groups excluding carboxylic acids is 1. The molecule has 0 radical (unpaired) electrons. The number of amides is 1. The molecule has 0 aliphatic rings. The summed E-state index contributed by atoms with van der Waals surface area (Å²) >= 11 is 0. The first kappa shape index (κ1) is 12.8. The zero-order valence-electron chi connectivity index (χ0n) is 10.5. The molecule has 0 aliphatic heterocycles. The van der Waals surface area contributed by atoms with Crippen LogP contribution in [0.4, 0.5) is 11.6 Å². The Morgan fingerprint density at radius 2 is 2.05 bits per heavy atom. The maximum Gasteiger partial charge on any atom is 0.261 e. The van der Waals surface area contributed by atoms with Gasteiger partial charge in [-0.05, 0) is 25.1 Å². The third-order valence-corrected chi connectivity index (χ3v) is 2.37. The lowest BCUT2D eigenvalue weighted by Gasteiger charge is -2.11. The number of carbonyl (C=O) groups is 1. The molecule has 1 aromatic carbocycles. The van der Waals surface area contributed by atoms with Crippen molar-refractivity contribution < 1.29 is 9.53 Å². The lowest BCUT2D eigenvalue weighted by atomic mass is 10.1. The number of hydrogen-bond donors (Lipinski definition) is 2. The van der Waals surface area contributed by atoms with Gasteiger partial charge < -0.3 is 10.5 Å². The molecule has 1 aromatic heterocycles. The number of nitrogens with zero attached hydrogens (tertiary/aromatic N) is 2. The van der Waals surface area contributed by atoms with Crippen molar-refractivity contribution in [3.05, 3.63) is 42.2 Å². The minimum Gasteiger partial charge on any atom is -0.491 e. The van der Waals surface area contributed by atoms with Gasteiger partial charge in [0, 0.05) is 12.4 Å². The highest BCUT2D eigenvalue weighted by Crippen LogP contribution is 2.26. The van der Waals surface area contributed by atoms with E-state index < -0.39 is 0 Å². The zero-order valence-corrected chi connectivity index (χ0v) is 10.5. The summed E-state index contributed by atoms with van der Waals surface area (Å²) in [5.74, 6) is 0.248. The molecule has 0 saturated heterocycles. The Morgan fingerprint density at radius 1 is 1.32 bits per heavy atom. The van der Waals surface area contributed by atoms with Gasteiger partial charge in [-0.15, -0.1) is 0 Å². The van der Waals surface area contributed by atoms with Crippen LogP contribution in [0, 0.1) is 0 Å². The van der Waals surface area contributed by atoms with Crippen LogP contribution in [0.2, 0.25) is 0 Å². The molecule has 19 heavy (non-hydrogen) atoms.